The predicted molar refractivity (Wildman–Crippen MR) is 130 cm³/mol. The van der Waals surface area contributed by atoms with E-state index in [1.165, 1.54) is 0 Å². The molecular weight excluding hydrogens is 676 g/mol. The van der Waals surface area contributed by atoms with E-state index in [4.69, 9.17) is 0 Å². The van der Waals surface area contributed by atoms with Crippen LogP contribution in [-0.4, -0.2) is 52.4 Å². The lowest BCUT2D eigenvalue weighted by Gasteiger charge is -2.34. The topological polar surface area (TPSA) is 94.6 Å². The third-order valence-corrected chi connectivity index (χ3v) is 10.0. The fourth-order valence-corrected chi connectivity index (χ4v) is 7.78. The molecule has 21 heteroatoms. The predicted octanol–water partition coefficient (Wildman–Crippen LogP) is 6.39. The highest BCUT2D eigenvalue weighted by atomic mass is 32.3. The van der Waals surface area contributed by atoms with Crippen molar-refractivity contribution in [1.82, 2.24) is 3.71 Å². The van der Waals surface area contributed by atoms with Crippen molar-refractivity contribution < 1.29 is 74.2 Å². The number of halogens is 12. The van der Waals surface area contributed by atoms with Crippen LogP contribution in [-0.2, 0) is 56.3 Å². The molecule has 0 bridgehead atoms. The molecule has 0 aromatic heterocycles. The van der Waals surface area contributed by atoms with E-state index in [1.54, 1.807) is 0 Å². The molecule has 2 aromatic rings. The monoisotopic (exact) mass is 698 g/mol. The van der Waals surface area contributed by atoms with E-state index in [2.05, 4.69) is 0 Å². The van der Waals surface area contributed by atoms with E-state index in [9.17, 15) is 74.7 Å². The highest BCUT2D eigenvalue weighted by molar-refractivity contribution is 8.03. The third-order valence-electron chi connectivity index (χ3n) is 5.65. The normalized spacial score (nSPS) is 14.4. The van der Waals surface area contributed by atoms with E-state index in [0.717, 1.165) is 14.1 Å². The zero-order valence-corrected chi connectivity index (χ0v) is 23.9. The van der Waals surface area contributed by atoms with Gasteiger partial charge >= 0.3 is 24.7 Å². The lowest BCUT2D eigenvalue weighted by Crippen LogP contribution is -2.41. The van der Waals surface area contributed by atoms with Crippen molar-refractivity contribution in [3.05, 3.63) is 75.0 Å². The van der Waals surface area contributed by atoms with Crippen molar-refractivity contribution in [1.29, 1.82) is 0 Å². The summed E-state index contributed by atoms with van der Waals surface area (Å²) in [6, 6.07) is -0.667. The molecule has 0 fully saturated rings. The van der Waals surface area contributed by atoms with Gasteiger partial charge in [0.1, 0.15) is 0 Å². The Kier molecular flexibility index (Phi) is 10.5. The molecule has 44 heavy (non-hydrogen) atoms. The van der Waals surface area contributed by atoms with E-state index in [0.29, 0.717) is 0 Å². The summed E-state index contributed by atoms with van der Waals surface area (Å²) in [6.07, 6.45) is -22.3. The fraction of sp³-hybridized carbons (Fsp3) is 0.478. The van der Waals surface area contributed by atoms with E-state index >= 15 is 0 Å². The molecular formula is C23H22F12N2O5S2. The quantitative estimate of drug-likeness (QED) is 0.163. The maximum absolute atomic E-state index is 13.3. The zero-order chi connectivity index (χ0) is 34.3. The molecule has 0 saturated carbocycles. The third kappa shape index (κ3) is 10.5. The van der Waals surface area contributed by atoms with Crippen LogP contribution in [0.15, 0.2) is 36.4 Å². The van der Waals surface area contributed by atoms with Gasteiger partial charge in [0.05, 0.1) is 54.4 Å². The first kappa shape index (κ1) is 37.6. The van der Waals surface area contributed by atoms with Crippen LogP contribution in [0.3, 0.4) is 0 Å². The summed E-state index contributed by atoms with van der Waals surface area (Å²) >= 11 is 0. The average molecular weight is 699 g/mol. The van der Waals surface area contributed by atoms with E-state index < -0.39 is 118 Å². The van der Waals surface area contributed by atoms with Gasteiger partial charge in [0, 0.05) is 13.0 Å². The second-order valence-corrected chi connectivity index (χ2v) is 14.0. The molecule has 250 valence electrons. The first-order chi connectivity index (χ1) is 19.4. The number of nitrogens with zero attached hydrogens (tertiary/aromatic N) is 2. The first-order valence-corrected chi connectivity index (χ1v) is 15.0. The number of quaternary nitrogens is 1. The van der Waals surface area contributed by atoms with Crippen LogP contribution >= 0.6 is 0 Å². The summed E-state index contributed by atoms with van der Waals surface area (Å²) < 4.78 is 210. The van der Waals surface area contributed by atoms with Crippen molar-refractivity contribution in [2.24, 2.45) is 0 Å². The summed E-state index contributed by atoms with van der Waals surface area (Å²) in [5.41, 5.74) is -10.2. The standard InChI is InChI=1S/C23H22F12N2O5S2/c1-37(2,38)5-3-4-36(43(39,40)12-14-6-16(20(24,25)26)10-17(7-14)21(27,28)29)44(41,42)13-15-8-18(22(30,31)32)11-19(9-15)23(33,34)35/h6-11H,3-5,12-13H2,1-2H3. The minimum atomic E-state index is -5.52. The lowest BCUT2D eigenvalue weighted by molar-refractivity contribution is -0.840. The molecule has 0 unspecified atom stereocenters. The number of benzene rings is 2. The first-order valence-electron chi connectivity index (χ1n) is 11.8. The number of hydrogen-bond acceptors (Lipinski definition) is 5. The minimum Gasteiger partial charge on any atom is -0.633 e. The maximum Gasteiger partial charge on any atom is 0.416 e. The smallest absolute Gasteiger partial charge is 0.416 e. The van der Waals surface area contributed by atoms with Gasteiger partial charge < -0.3 is 9.85 Å². The molecule has 0 aliphatic heterocycles. The van der Waals surface area contributed by atoms with Crippen LogP contribution in [0.4, 0.5) is 52.7 Å². The average Bonchev–Trinajstić information content (AvgIpc) is 2.77. The summed E-state index contributed by atoms with van der Waals surface area (Å²) in [5.74, 6) is -3.63. The van der Waals surface area contributed by atoms with Crippen molar-refractivity contribution >= 4 is 20.0 Å². The van der Waals surface area contributed by atoms with Gasteiger partial charge in [0.15, 0.2) is 0 Å². The minimum absolute atomic E-state index is 0.00234. The Bertz CT molecular complexity index is 1390. The Labute approximate surface area is 242 Å². The van der Waals surface area contributed by atoms with Gasteiger partial charge in [-0.15, -0.1) is 0 Å². The highest BCUT2D eigenvalue weighted by Crippen LogP contribution is 2.38. The van der Waals surface area contributed by atoms with Crippen molar-refractivity contribution in [3.63, 3.8) is 0 Å². The second kappa shape index (κ2) is 12.3. The van der Waals surface area contributed by atoms with Gasteiger partial charge in [-0.05, 0) is 47.5 Å². The molecule has 2 rings (SSSR count). The molecule has 7 nitrogen and oxygen atoms in total. The van der Waals surface area contributed by atoms with Crippen LogP contribution in [0.25, 0.3) is 0 Å². The van der Waals surface area contributed by atoms with Crippen LogP contribution in [0.2, 0.25) is 0 Å². The zero-order valence-electron chi connectivity index (χ0n) is 22.3. The largest absolute Gasteiger partial charge is 0.633 e. The molecule has 0 heterocycles. The number of hydroxylamine groups is 3. The number of hydrogen-bond donors (Lipinski definition) is 0. The van der Waals surface area contributed by atoms with Gasteiger partial charge in [-0.25, -0.2) is 16.8 Å². The Hall–Kier alpha value is -2.62. The molecule has 0 amide bonds. The maximum atomic E-state index is 13.3. The fourth-order valence-electron chi connectivity index (χ4n) is 3.80. The number of sulfonamides is 2. The van der Waals surface area contributed by atoms with Crippen LogP contribution in [0.1, 0.15) is 39.8 Å². The Morgan fingerprint density at radius 3 is 1.09 bits per heavy atom. The molecule has 0 aliphatic rings. The van der Waals surface area contributed by atoms with Crippen LogP contribution in [0.5, 0.6) is 0 Å². The summed E-state index contributed by atoms with van der Waals surface area (Å²) in [6.45, 7) is -1.68. The molecule has 0 atom stereocenters. The van der Waals surface area contributed by atoms with Gasteiger partial charge in [-0.1, -0.05) is 3.71 Å². The SMILES string of the molecule is C[N+](C)([O-])CCCN(S(=O)(=O)Cc1cc(C(F)(F)F)cc(C(F)(F)F)c1)S(=O)(=O)Cc1cc(C(F)(F)F)cc(C(F)(F)F)c1. The van der Waals surface area contributed by atoms with Crippen molar-refractivity contribution in [2.75, 3.05) is 27.2 Å². The molecule has 0 saturated heterocycles. The summed E-state index contributed by atoms with van der Waals surface area (Å²) in [5, 5.41) is 11.9. The molecule has 0 N–H and O–H groups in total. The Balaban J connectivity index is 2.67. The second-order valence-electron chi connectivity index (χ2n) is 9.99. The highest BCUT2D eigenvalue weighted by Gasteiger charge is 2.41. The van der Waals surface area contributed by atoms with Crippen molar-refractivity contribution in [3.8, 4) is 0 Å². The summed E-state index contributed by atoms with van der Waals surface area (Å²) in [4.78, 5) is 0. The molecule has 0 radical (unpaired) electrons. The van der Waals surface area contributed by atoms with E-state index in [-0.39, 0.29) is 36.4 Å². The Morgan fingerprint density at radius 1 is 0.591 bits per heavy atom. The molecule has 2 aromatic carbocycles. The van der Waals surface area contributed by atoms with Gasteiger partial charge in [-0.2, -0.15) is 52.7 Å². The van der Waals surface area contributed by atoms with Crippen molar-refractivity contribution in [2.45, 2.75) is 42.6 Å². The number of alkyl halides is 12. The van der Waals surface area contributed by atoms with E-state index in [1.807, 2.05) is 0 Å². The number of rotatable bonds is 10. The summed E-state index contributed by atoms with van der Waals surface area (Å²) in [7, 11) is -8.96. The van der Waals surface area contributed by atoms with Gasteiger partial charge in [0.2, 0.25) is 20.0 Å². The lowest BCUT2D eigenvalue weighted by atomic mass is 10.1. The molecule has 0 spiro atoms. The van der Waals surface area contributed by atoms with Crippen LogP contribution in [0, 0.1) is 5.21 Å². The Morgan fingerprint density at radius 2 is 0.864 bits per heavy atom. The van der Waals surface area contributed by atoms with Crippen LogP contribution < -0.4 is 0 Å². The molecule has 0 aliphatic carbocycles. The van der Waals surface area contributed by atoms with Gasteiger partial charge in [-0.3, -0.25) is 0 Å². The van der Waals surface area contributed by atoms with Gasteiger partial charge in [0.25, 0.3) is 0 Å².